The number of fused-ring (bicyclic) bond motifs is 2. The number of hydrogen-bond acceptors (Lipinski definition) is 7. The van der Waals surface area contributed by atoms with Crippen LogP contribution in [0.25, 0.3) is 0 Å². The molecule has 0 saturated heterocycles. The topological polar surface area (TPSA) is 107 Å². The summed E-state index contributed by atoms with van der Waals surface area (Å²) in [6, 6.07) is 5.37. The number of benzene rings is 1. The maximum absolute atomic E-state index is 13.0. The van der Waals surface area contributed by atoms with Crippen molar-refractivity contribution in [3.05, 3.63) is 50.9 Å². The summed E-state index contributed by atoms with van der Waals surface area (Å²) in [4.78, 5) is 39.0. The molecule has 0 atom stereocenters. The van der Waals surface area contributed by atoms with Crippen LogP contribution in [-0.2, 0) is 24.8 Å². The van der Waals surface area contributed by atoms with E-state index in [-0.39, 0.29) is 24.6 Å². The second kappa shape index (κ2) is 6.59. The van der Waals surface area contributed by atoms with Gasteiger partial charge >= 0.3 is 5.97 Å². The molecule has 1 N–H and O–H groups in total. The number of nitrogens with zero attached hydrogens (tertiary/aromatic N) is 2. The minimum absolute atomic E-state index is 0.0172. The second-order valence-electron chi connectivity index (χ2n) is 6.57. The van der Waals surface area contributed by atoms with Gasteiger partial charge in [0.2, 0.25) is 6.79 Å². The molecule has 0 bridgehead atoms. The quantitative estimate of drug-likeness (QED) is 0.778. The fraction of sp³-hybridized carbons (Fsp3) is 0.316. The van der Waals surface area contributed by atoms with Crippen LogP contribution in [0.1, 0.15) is 32.0 Å². The number of pyridine rings is 1. The molecule has 9 heteroatoms. The van der Waals surface area contributed by atoms with Gasteiger partial charge in [0, 0.05) is 25.7 Å². The number of carbonyl (C=O) groups is 2. The van der Waals surface area contributed by atoms with Gasteiger partial charge in [0.15, 0.2) is 17.2 Å². The van der Waals surface area contributed by atoms with E-state index < -0.39 is 23.2 Å². The van der Waals surface area contributed by atoms with Gasteiger partial charge in [-0.25, -0.2) is 4.79 Å². The molecule has 28 heavy (non-hydrogen) atoms. The lowest BCUT2D eigenvalue weighted by molar-refractivity contribution is 0.0584. The highest BCUT2D eigenvalue weighted by molar-refractivity contribution is 6.02. The van der Waals surface area contributed by atoms with Crippen LogP contribution in [0, 0.1) is 0 Å². The third kappa shape index (κ3) is 2.67. The van der Waals surface area contributed by atoms with Crippen molar-refractivity contribution in [2.24, 2.45) is 7.05 Å². The standard InChI is InChI=1S/C19H18N2O7/c1-20-15(19(25)26-2)11-5-6-21(17(23)14(11)16(22)18(20)24)8-10-3-4-12-13(7-10)28-9-27-12/h3-4,7,22H,5-6,8-9H2,1-2H3. The molecule has 9 nitrogen and oxygen atoms in total. The van der Waals surface area contributed by atoms with E-state index in [9.17, 15) is 19.5 Å². The normalized spacial score (nSPS) is 14.8. The molecule has 146 valence electrons. The van der Waals surface area contributed by atoms with Crippen LogP contribution in [0.2, 0.25) is 0 Å². The van der Waals surface area contributed by atoms with Gasteiger partial charge in [0.05, 0.1) is 12.7 Å². The van der Waals surface area contributed by atoms with E-state index >= 15 is 0 Å². The predicted octanol–water partition coefficient (Wildman–Crippen LogP) is 0.805. The van der Waals surface area contributed by atoms with Crippen LogP contribution in [0.4, 0.5) is 0 Å². The fourth-order valence-electron chi connectivity index (χ4n) is 3.58. The summed E-state index contributed by atoms with van der Waals surface area (Å²) in [7, 11) is 2.56. The first-order chi connectivity index (χ1) is 13.4. The first kappa shape index (κ1) is 17.9. The molecule has 3 heterocycles. The smallest absolute Gasteiger partial charge is 0.355 e. The molecule has 4 rings (SSSR count). The Kier molecular flexibility index (Phi) is 4.21. The van der Waals surface area contributed by atoms with Crippen molar-refractivity contribution in [1.29, 1.82) is 0 Å². The Morgan fingerprint density at radius 1 is 1.25 bits per heavy atom. The summed E-state index contributed by atoms with van der Waals surface area (Å²) in [6.45, 7) is 0.737. The summed E-state index contributed by atoms with van der Waals surface area (Å²) in [6.07, 6.45) is 0.303. The van der Waals surface area contributed by atoms with E-state index in [0.717, 1.165) is 10.1 Å². The molecule has 0 aliphatic carbocycles. The molecule has 0 radical (unpaired) electrons. The Morgan fingerprint density at radius 3 is 2.75 bits per heavy atom. The molecule has 2 aromatic rings. The Labute approximate surface area is 159 Å². The number of amides is 1. The molecule has 1 aromatic carbocycles. The number of aromatic hydroxyl groups is 1. The van der Waals surface area contributed by atoms with Crippen LogP contribution in [0.15, 0.2) is 23.0 Å². The molecule has 0 fully saturated rings. The van der Waals surface area contributed by atoms with Crippen LogP contribution in [0.3, 0.4) is 0 Å². The number of esters is 1. The number of ether oxygens (including phenoxy) is 3. The van der Waals surface area contributed by atoms with Crippen LogP contribution in [-0.4, -0.2) is 46.9 Å². The predicted molar refractivity (Wildman–Crippen MR) is 95.7 cm³/mol. The lowest BCUT2D eigenvalue weighted by Gasteiger charge is -2.30. The summed E-state index contributed by atoms with van der Waals surface area (Å²) in [5, 5.41) is 10.3. The zero-order valence-corrected chi connectivity index (χ0v) is 15.4. The number of rotatable bonds is 3. The average Bonchev–Trinajstić information content (AvgIpc) is 3.16. The lowest BCUT2D eigenvalue weighted by Crippen LogP contribution is -2.41. The molecule has 0 saturated carbocycles. The van der Waals surface area contributed by atoms with Gasteiger partial charge in [-0.05, 0) is 24.1 Å². The molecule has 1 aromatic heterocycles. The molecule has 0 spiro atoms. The lowest BCUT2D eigenvalue weighted by atomic mass is 9.95. The molecular weight excluding hydrogens is 368 g/mol. The highest BCUT2D eigenvalue weighted by Crippen LogP contribution is 2.34. The van der Waals surface area contributed by atoms with Crippen molar-refractivity contribution in [3.8, 4) is 17.2 Å². The Morgan fingerprint density at radius 2 is 2.00 bits per heavy atom. The highest BCUT2D eigenvalue weighted by atomic mass is 16.7. The number of hydrogen-bond donors (Lipinski definition) is 1. The third-order valence-corrected chi connectivity index (χ3v) is 4.99. The molecule has 2 aliphatic heterocycles. The Bertz CT molecular complexity index is 1060. The molecule has 2 aliphatic rings. The minimum atomic E-state index is -0.822. The van der Waals surface area contributed by atoms with Crippen molar-refractivity contribution in [3.63, 3.8) is 0 Å². The van der Waals surface area contributed by atoms with Crippen molar-refractivity contribution in [1.82, 2.24) is 9.47 Å². The van der Waals surface area contributed by atoms with Crippen LogP contribution >= 0.6 is 0 Å². The van der Waals surface area contributed by atoms with E-state index in [0.29, 0.717) is 30.0 Å². The SMILES string of the molecule is COC(=O)c1c2c(c(O)c(=O)n1C)C(=O)N(Cc1ccc3c(c1)OCO3)CC2. The van der Waals surface area contributed by atoms with Gasteiger partial charge in [0.1, 0.15) is 5.69 Å². The zero-order chi connectivity index (χ0) is 20.0. The Balaban J connectivity index is 1.71. The van der Waals surface area contributed by atoms with E-state index in [1.165, 1.54) is 19.1 Å². The second-order valence-corrected chi connectivity index (χ2v) is 6.57. The van der Waals surface area contributed by atoms with Crippen molar-refractivity contribution in [2.45, 2.75) is 13.0 Å². The summed E-state index contributed by atoms with van der Waals surface area (Å²) in [5.74, 6) is -0.660. The van der Waals surface area contributed by atoms with Gasteiger partial charge in [0.25, 0.3) is 11.5 Å². The van der Waals surface area contributed by atoms with Gasteiger partial charge in [-0.15, -0.1) is 0 Å². The third-order valence-electron chi connectivity index (χ3n) is 4.99. The van der Waals surface area contributed by atoms with Crippen LogP contribution in [0.5, 0.6) is 17.2 Å². The van der Waals surface area contributed by atoms with Crippen molar-refractivity contribution in [2.75, 3.05) is 20.4 Å². The van der Waals surface area contributed by atoms with E-state index in [2.05, 4.69) is 0 Å². The zero-order valence-electron chi connectivity index (χ0n) is 15.4. The van der Waals surface area contributed by atoms with Gasteiger partial charge in [-0.3, -0.25) is 9.59 Å². The van der Waals surface area contributed by atoms with Crippen molar-refractivity contribution < 1.29 is 28.9 Å². The van der Waals surface area contributed by atoms with E-state index in [1.54, 1.807) is 12.1 Å². The van der Waals surface area contributed by atoms with Gasteiger partial charge in [-0.2, -0.15) is 0 Å². The first-order valence-corrected chi connectivity index (χ1v) is 8.63. The fourth-order valence-corrected chi connectivity index (χ4v) is 3.58. The number of aromatic nitrogens is 1. The van der Waals surface area contributed by atoms with Gasteiger partial charge in [-0.1, -0.05) is 6.07 Å². The van der Waals surface area contributed by atoms with E-state index in [4.69, 9.17) is 14.2 Å². The molecule has 1 amide bonds. The summed E-state index contributed by atoms with van der Waals surface area (Å²) in [5.41, 5.74) is 0.153. The number of methoxy groups -OCH3 is 1. The largest absolute Gasteiger partial charge is 0.502 e. The first-order valence-electron chi connectivity index (χ1n) is 8.63. The monoisotopic (exact) mass is 386 g/mol. The van der Waals surface area contributed by atoms with E-state index in [1.807, 2.05) is 6.07 Å². The van der Waals surface area contributed by atoms with Crippen molar-refractivity contribution >= 4 is 11.9 Å². The van der Waals surface area contributed by atoms with Crippen LogP contribution < -0.4 is 15.0 Å². The van der Waals surface area contributed by atoms with Gasteiger partial charge < -0.3 is 28.8 Å². The molecular formula is C19H18N2O7. The molecule has 0 unspecified atom stereocenters. The Hall–Kier alpha value is -3.49. The number of carbonyl (C=O) groups excluding carboxylic acids is 2. The maximum Gasteiger partial charge on any atom is 0.355 e. The maximum atomic E-state index is 13.0. The average molecular weight is 386 g/mol. The minimum Gasteiger partial charge on any atom is -0.502 e. The summed E-state index contributed by atoms with van der Waals surface area (Å²) < 4.78 is 16.4. The summed E-state index contributed by atoms with van der Waals surface area (Å²) >= 11 is 0. The highest BCUT2D eigenvalue weighted by Gasteiger charge is 2.34.